The van der Waals surface area contributed by atoms with Crippen LogP contribution < -0.4 is 9.47 Å². The van der Waals surface area contributed by atoms with Crippen molar-refractivity contribution in [2.45, 2.75) is 33.1 Å². The number of hydrogen-bond acceptors (Lipinski definition) is 4. The maximum atomic E-state index is 11.6. The second-order valence-electron chi connectivity index (χ2n) is 5.54. The molecule has 0 aliphatic rings. The number of carboxylic acids is 1. The van der Waals surface area contributed by atoms with Gasteiger partial charge in [0.2, 0.25) is 0 Å². The van der Waals surface area contributed by atoms with Gasteiger partial charge in [0.15, 0.2) is 11.5 Å². The molecule has 2 aromatic rings. The Balaban J connectivity index is 2.24. The van der Waals surface area contributed by atoms with Crippen molar-refractivity contribution in [2.75, 3.05) is 13.2 Å². The number of thiophene rings is 1. The molecule has 0 saturated heterocycles. The highest BCUT2D eigenvalue weighted by atomic mass is 32.1. The molecule has 25 heavy (non-hydrogen) atoms. The maximum absolute atomic E-state index is 11.6. The molecule has 1 aromatic carbocycles. The average Bonchev–Trinajstić information content (AvgIpc) is 3.12. The lowest BCUT2D eigenvalue weighted by Crippen LogP contribution is -2.01. The Labute approximate surface area is 152 Å². The van der Waals surface area contributed by atoms with Crippen LogP contribution in [0.15, 0.2) is 35.7 Å². The Morgan fingerprint density at radius 3 is 2.64 bits per heavy atom. The van der Waals surface area contributed by atoms with E-state index in [4.69, 9.17) is 9.47 Å². The third kappa shape index (κ3) is 5.64. The van der Waals surface area contributed by atoms with E-state index in [0.29, 0.717) is 24.7 Å². The molecule has 5 heteroatoms. The molecule has 2 rings (SSSR count). The van der Waals surface area contributed by atoms with Crippen LogP contribution in [0, 0.1) is 0 Å². The fourth-order valence-corrected chi connectivity index (χ4v) is 3.11. The molecule has 0 radical (unpaired) electrons. The third-order valence-electron chi connectivity index (χ3n) is 3.60. The normalized spacial score (nSPS) is 11.4. The first-order chi connectivity index (χ1) is 12.2. The smallest absolute Gasteiger partial charge is 0.337 e. The molecule has 0 spiro atoms. The van der Waals surface area contributed by atoms with Crippen LogP contribution in [0.2, 0.25) is 0 Å². The van der Waals surface area contributed by atoms with E-state index in [2.05, 4.69) is 6.92 Å². The summed E-state index contributed by atoms with van der Waals surface area (Å²) in [6.45, 7) is 5.24. The van der Waals surface area contributed by atoms with Crippen LogP contribution in [-0.4, -0.2) is 24.3 Å². The van der Waals surface area contributed by atoms with Gasteiger partial charge in [0, 0.05) is 4.88 Å². The topological polar surface area (TPSA) is 55.8 Å². The van der Waals surface area contributed by atoms with Crippen molar-refractivity contribution in [1.29, 1.82) is 0 Å². The van der Waals surface area contributed by atoms with E-state index < -0.39 is 5.97 Å². The Morgan fingerprint density at radius 1 is 1.16 bits per heavy atom. The van der Waals surface area contributed by atoms with E-state index in [9.17, 15) is 9.90 Å². The highest BCUT2D eigenvalue weighted by molar-refractivity contribution is 7.11. The predicted octanol–water partition coefficient (Wildman–Crippen LogP) is 5.34. The molecular weight excluding hydrogens is 336 g/mol. The van der Waals surface area contributed by atoms with Crippen molar-refractivity contribution in [3.8, 4) is 11.5 Å². The van der Waals surface area contributed by atoms with Gasteiger partial charge in [-0.1, -0.05) is 31.9 Å². The quantitative estimate of drug-likeness (QED) is 0.459. The van der Waals surface area contributed by atoms with Gasteiger partial charge in [0.25, 0.3) is 0 Å². The molecule has 0 unspecified atom stereocenters. The Morgan fingerprint density at radius 2 is 2.00 bits per heavy atom. The van der Waals surface area contributed by atoms with Crippen LogP contribution >= 0.6 is 11.3 Å². The van der Waals surface area contributed by atoms with Gasteiger partial charge in [-0.3, -0.25) is 0 Å². The molecule has 0 aliphatic heterocycles. The fraction of sp³-hybridized carbons (Fsp3) is 0.350. The number of carbonyl (C=O) groups is 1. The molecule has 134 valence electrons. The molecule has 0 saturated carbocycles. The summed E-state index contributed by atoms with van der Waals surface area (Å²) in [6, 6.07) is 9.18. The van der Waals surface area contributed by atoms with Crippen molar-refractivity contribution in [3.05, 3.63) is 46.2 Å². The first kappa shape index (κ1) is 19.1. The summed E-state index contributed by atoms with van der Waals surface area (Å²) in [4.78, 5) is 12.3. The second kappa shape index (κ2) is 9.89. The molecule has 0 aliphatic carbocycles. The summed E-state index contributed by atoms with van der Waals surface area (Å²) < 4.78 is 11.5. The van der Waals surface area contributed by atoms with Gasteiger partial charge in [0.05, 0.1) is 18.8 Å². The Kier molecular flexibility index (Phi) is 7.54. The number of unbranched alkanes of at least 4 members (excludes halogenated alkanes) is 2. The molecule has 1 aromatic heterocycles. The van der Waals surface area contributed by atoms with Gasteiger partial charge >= 0.3 is 5.97 Å². The minimum Gasteiger partial charge on any atom is -0.490 e. The summed E-state index contributed by atoms with van der Waals surface area (Å²) in [6.07, 6.45) is 4.95. The number of aliphatic carboxylic acids is 1. The molecule has 0 fully saturated rings. The highest BCUT2D eigenvalue weighted by Gasteiger charge is 2.13. The van der Waals surface area contributed by atoms with E-state index in [1.54, 1.807) is 12.1 Å². The van der Waals surface area contributed by atoms with Gasteiger partial charge < -0.3 is 14.6 Å². The van der Waals surface area contributed by atoms with Crippen LogP contribution in [0.4, 0.5) is 0 Å². The van der Waals surface area contributed by atoms with Crippen molar-refractivity contribution in [2.24, 2.45) is 0 Å². The summed E-state index contributed by atoms with van der Waals surface area (Å²) >= 11 is 1.41. The first-order valence-electron chi connectivity index (χ1n) is 8.54. The lowest BCUT2D eigenvalue weighted by Gasteiger charge is -2.13. The van der Waals surface area contributed by atoms with Crippen molar-refractivity contribution in [3.63, 3.8) is 0 Å². The van der Waals surface area contributed by atoms with Gasteiger partial charge in [-0.25, -0.2) is 4.79 Å². The van der Waals surface area contributed by atoms with Crippen LogP contribution in [-0.2, 0) is 4.79 Å². The van der Waals surface area contributed by atoms with Crippen LogP contribution in [0.3, 0.4) is 0 Å². The molecule has 0 atom stereocenters. The third-order valence-corrected chi connectivity index (χ3v) is 4.50. The maximum Gasteiger partial charge on any atom is 0.337 e. The minimum absolute atomic E-state index is 0.272. The zero-order valence-corrected chi connectivity index (χ0v) is 15.5. The van der Waals surface area contributed by atoms with Gasteiger partial charge in [-0.2, -0.15) is 0 Å². The number of carboxylic acid groups (broad SMARTS) is 1. The van der Waals surface area contributed by atoms with Crippen molar-refractivity contribution < 1.29 is 19.4 Å². The summed E-state index contributed by atoms with van der Waals surface area (Å²) in [7, 11) is 0. The monoisotopic (exact) mass is 360 g/mol. The Bertz CT molecular complexity index is 704. The first-order valence-corrected chi connectivity index (χ1v) is 9.42. The molecule has 0 bridgehead atoms. The summed E-state index contributed by atoms with van der Waals surface area (Å²) in [5, 5.41) is 11.3. The van der Waals surface area contributed by atoms with E-state index in [1.807, 2.05) is 36.6 Å². The SMILES string of the molecule is CCCCCOc1ccc(/C=C(/C(=O)O)c2cccs2)cc1OCC. The van der Waals surface area contributed by atoms with Crippen LogP contribution in [0.25, 0.3) is 11.6 Å². The van der Waals surface area contributed by atoms with Crippen molar-refractivity contribution >= 4 is 29.0 Å². The highest BCUT2D eigenvalue weighted by Crippen LogP contribution is 2.31. The molecular formula is C20H24O4S. The lowest BCUT2D eigenvalue weighted by atomic mass is 10.1. The minimum atomic E-state index is -0.944. The molecule has 0 amide bonds. The van der Waals surface area contributed by atoms with Crippen LogP contribution in [0.5, 0.6) is 11.5 Å². The number of hydrogen-bond donors (Lipinski definition) is 1. The Hall–Kier alpha value is -2.27. The average molecular weight is 360 g/mol. The van der Waals surface area contributed by atoms with Gasteiger partial charge in [0.1, 0.15) is 0 Å². The largest absolute Gasteiger partial charge is 0.490 e. The number of rotatable bonds is 10. The zero-order chi connectivity index (χ0) is 18.1. The number of benzene rings is 1. The van der Waals surface area contributed by atoms with E-state index >= 15 is 0 Å². The molecule has 1 heterocycles. The molecule has 1 N–H and O–H groups in total. The van der Waals surface area contributed by atoms with Gasteiger partial charge in [-0.15, -0.1) is 11.3 Å². The zero-order valence-electron chi connectivity index (χ0n) is 14.7. The van der Waals surface area contributed by atoms with E-state index in [0.717, 1.165) is 29.7 Å². The summed E-state index contributed by atoms with van der Waals surface area (Å²) in [5.41, 5.74) is 1.05. The summed E-state index contributed by atoms with van der Waals surface area (Å²) in [5.74, 6) is 0.395. The van der Waals surface area contributed by atoms with Crippen molar-refractivity contribution in [1.82, 2.24) is 0 Å². The number of ether oxygens (including phenoxy) is 2. The van der Waals surface area contributed by atoms with Crippen LogP contribution in [0.1, 0.15) is 43.6 Å². The van der Waals surface area contributed by atoms with E-state index in [1.165, 1.54) is 11.3 Å². The van der Waals surface area contributed by atoms with E-state index in [-0.39, 0.29) is 5.57 Å². The lowest BCUT2D eigenvalue weighted by molar-refractivity contribution is -0.130. The predicted molar refractivity (Wildman–Crippen MR) is 102 cm³/mol. The van der Waals surface area contributed by atoms with Gasteiger partial charge in [-0.05, 0) is 48.6 Å². The molecule has 4 nitrogen and oxygen atoms in total. The fourth-order valence-electron chi connectivity index (χ4n) is 2.37. The second-order valence-corrected chi connectivity index (χ2v) is 6.48. The standard InChI is InChI=1S/C20H24O4S/c1-3-5-6-11-24-17-10-9-15(14-18(17)23-4-2)13-16(20(21)22)19-8-7-12-25-19/h7-10,12-14H,3-6,11H2,1-2H3,(H,21,22)/b16-13+.